The maximum Gasteiger partial charge on any atom is 0.130 e. The molecule has 0 aromatic heterocycles. The van der Waals surface area contributed by atoms with Crippen LogP contribution < -0.4 is 5.73 Å². The number of rotatable bonds is 1. The molecule has 1 heterocycles. The monoisotopic (exact) mass is 175 g/mol. The molecule has 11 heavy (non-hydrogen) atoms. The van der Waals surface area contributed by atoms with Gasteiger partial charge < -0.3 is 5.73 Å². The fourth-order valence-corrected chi connectivity index (χ4v) is 2.92. The molecule has 64 valence electrons. The van der Waals surface area contributed by atoms with Crippen molar-refractivity contribution in [2.24, 2.45) is 5.73 Å². The Labute approximate surface area is 70.9 Å². The van der Waals surface area contributed by atoms with Crippen molar-refractivity contribution >= 4 is 11.8 Å². The highest BCUT2D eigenvalue weighted by Gasteiger charge is 2.57. The summed E-state index contributed by atoms with van der Waals surface area (Å²) >= 11 is 1.85. The van der Waals surface area contributed by atoms with Gasteiger partial charge in [-0.15, -0.1) is 0 Å². The topological polar surface area (TPSA) is 26.0 Å². The van der Waals surface area contributed by atoms with Crippen LogP contribution in [0.5, 0.6) is 0 Å². The molecule has 0 atom stereocenters. The summed E-state index contributed by atoms with van der Waals surface area (Å²) in [6.07, 6.45) is 3.14. The Kier molecular flexibility index (Phi) is 1.69. The minimum absolute atomic E-state index is 0.423. The number of halogens is 1. The first-order valence-corrected chi connectivity index (χ1v) is 5.37. The average Bonchev–Trinajstić information content (AvgIpc) is 2.71. The summed E-state index contributed by atoms with van der Waals surface area (Å²) in [4.78, 5) is 0. The Hall–Kier alpha value is 0.240. The molecular formula is C8H14FNS. The smallest absolute Gasteiger partial charge is 0.130 e. The van der Waals surface area contributed by atoms with Gasteiger partial charge in [-0.05, 0) is 37.2 Å². The second-order valence-corrected chi connectivity index (χ2v) is 4.96. The molecule has 2 N–H and O–H groups in total. The molecule has 1 saturated heterocycles. The second kappa shape index (κ2) is 2.36. The van der Waals surface area contributed by atoms with Crippen molar-refractivity contribution in [3.05, 3.63) is 0 Å². The molecule has 2 aliphatic rings. The van der Waals surface area contributed by atoms with Crippen LogP contribution in [-0.4, -0.2) is 22.7 Å². The first-order valence-electron chi connectivity index (χ1n) is 4.22. The SMILES string of the molecule is NC1(C2(F)CCSCC2)CC1. The van der Waals surface area contributed by atoms with Crippen LogP contribution >= 0.6 is 11.8 Å². The number of nitrogens with two attached hydrogens (primary N) is 1. The van der Waals surface area contributed by atoms with E-state index in [1.54, 1.807) is 0 Å². The van der Waals surface area contributed by atoms with Crippen molar-refractivity contribution < 1.29 is 4.39 Å². The molecular weight excluding hydrogens is 161 g/mol. The molecule has 0 amide bonds. The first kappa shape index (κ1) is 7.87. The van der Waals surface area contributed by atoms with Gasteiger partial charge in [0.2, 0.25) is 0 Å². The van der Waals surface area contributed by atoms with Crippen LogP contribution in [0.1, 0.15) is 25.7 Å². The maximum absolute atomic E-state index is 14.0. The Morgan fingerprint density at radius 2 is 1.64 bits per heavy atom. The van der Waals surface area contributed by atoms with E-state index in [-0.39, 0.29) is 0 Å². The third-order valence-electron chi connectivity index (χ3n) is 2.97. The largest absolute Gasteiger partial charge is 0.322 e. The molecule has 3 heteroatoms. The van der Waals surface area contributed by atoms with Crippen LogP contribution in [0.25, 0.3) is 0 Å². The molecule has 0 aromatic carbocycles. The Morgan fingerprint density at radius 1 is 1.09 bits per heavy atom. The lowest BCUT2D eigenvalue weighted by atomic mass is 9.88. The van der Waals surface area contributed by atoms with Crippen LogP contribution in [0.2, 0.25) is 0 Å². The number of alkyl halides is 1. The molecule has 0 unspecified atom stereocenters. The Bertz CT molecular complexity index is 161. The fraction of sp³-hybridized carbons (Fsp3) is 1.00. The normalized spacial score (nSPS) is 33.3. The summed E-state index contributed by atoms with van der Waals surface area (Å²) in [5.74, 6) is 1.91. The van der Waals surface area contributed by atoms with Gasteiger partial charge in [0, 0.05) is 0 Å². The van der Waals surface area contributed by atoms with Crippen molar-refractivity contribution in [2.75, 3.05) is 11.5 Å². The number of hydrogen-bond acceptors (Lipinski definition) is 2. The fourth-order valence-electron chi connectivity index (χ4n) is 1.78. The van der Waals surface area contributed by atoms with Crippen LogP contribution in [0.3, 0.4) is 0 Å². The molecule has 1 saturated carbocycles. The van der Waals surface area contributed by atoms with Crippen LogP contribution in [0, 0.1) is 0 Å². The van der Waals surface area contributed by atoms with Crippen molar-refractivity contribution in [1.82, 2.24) is 0 Å². The zero-order valence-corrected chi connectivity index (χ0v) is 7.42. The molecule has 1 nitrogen and oxygen atoms in total. The van der Waals surface area contributed by atoms with Crippen molar-refractivity contribution in [3.8, 4) is 0 Å². The van der Waals surface area contributed by atoms with E-state index in [2.05, 4.69) is 0 Å². The van der Waals surface area contributed by atoms with E-state index in [9.17, 15) is 4.39 Å². The van der Waals surface area contributed by atoms with Gasteiger partial charge >= 0.3 is 0 Å². The van der Waals surface area contributed by atoms with Gasteiger partial charge in [-0.2, -0.15) is 11.8 Å². The standard InChI is InChI=1S/C8H14FNS/c9-7(8(10)1-2-8)3-5-11-6-4-7/h1-6,10H2. The summed E-state index contributed by atoms with van der Waals surface area (Å²) in [7, 11) is 0. The Balaban J connectivity index is 2.07. The highest BCUT2D eigenvalue weighted by molar-refractivity contribution is 7.99. The van der Waals surface area contributed by atoms with Crippen molar-refractivity contribution in [2.45, 2.75) is 36.9 Å². The molecule has 2 fully saturated rings. The quantitative estimate of drug-likeness (QED) is 0.656. The van der Waals surface area contributed by atoms with E-state index < -0.39 is 11.2 Å². The molecule has 1 aliphatic carbocycles. The number of hydrogen-bond donors (Lipinski definition) is 1. The number of thioether (sulfide) groups is 1. The van der Waals surface area contributed by atoms with Crippen LogP contribution in [0.15, 0.2) is 0 Å². The Morgan fingerprint density at radius 3 is 2.09 bits per heavy atom. The van der Waals surface area contributed by atoms with E-state index in [4.69, 9.17) is 5.73 Å². The molecule has 0 bridgehead atoms. The molecule has 0 spiro atoms. The highest BCUT2D eigenvalue weighted by atomic mass is 32.2. The van der Waals surface area contributed by atoms with Crippen molar-refractivity contribution in [3.63, 3.8) is 0 Å². The van der Waals surface area contributed by atoms with E-state index in [0.717, 1.165) is 24.3 Å². The van der Waals surface area contributed by atoms with Gasteiger partial charge in [-0.3, -0.25) is 0 Å². The summed E-state index contributed by atoms with van der Waals surface area (Å²) in [6.45, 7) is 0. The maximum atomic E-state index is 14.0. The summed E-state index contributed by atoms with van der Waals surface area (Å²) in [5, 5.41) is 0. The summed E-state index contributed by atoms with van der Waals surface area (Å²) < 4.78 is 14.0. The van der Waals surface area contributed by atoms with Gasteiger partial charge in [-0.25, -0.2) is 4.39 Å². The molecule has 1 aliphatic heterocycles. The van der Waals surface area contributed by atoms with Gasteiger partial charge in [0.15, 0.2) is 0 Å². The third-order valence-corrected chi connectivity index (χ3v) is 3.95. The average molecular weight is 175 g/mol. The lowest BCUT2D eigenvalue weighted by Crippen LogP contribution is -2.49. The van der Waals surface area contributed by atoms with Crippen LogP contribution in [0.4, 0.5) is 4.39 Å². The van der Waals surface area contributed by atoms with E-state index in [1.165, 1.54) is 0 Å². The predicted molar refractivity (Wildman–Crippen MR) is 46.6 cm³/mol. The van der Waals surface area contributed by atoms with Crippen molar-refractivity contribution in [1.29, 1.82) is 0 Å². The molecule has 0 aromatic rings. The minimum atomic E-state index is -1.02. The van der Waals surface area contributed by atoms with Gasteiger partial charge in [0.05, 0.1) is 5.54 Å². The van der Waals surface area contributed by atoms with E-state index in [1.807, 2.05) is 11.8 Å². The van der Waals surface area contributed by atoms with Crippen LogP contribution in [-0.2, 0) is 0 Å². The lowest BCUT2D eigenvalue weighted by molar-refractivity contribution is 0.101. The zero-order valence-electron chi connectivity index (χ0n) is 6.61. The summed E-state index contributed by atoms with van der Waals surface area (Å²) in [5.41, 5.74) is 4.43. The molecule has 2 rings (SSSR count). The van der Waals surface area contributed by atoms with Gasteiger partial charge in [0.1, 0.15) is 5.67 Å². The second-order valence-electron chi connectivity index (χ2n) is 3.73. The summed E-state index contributed by atoms with van der Waals surface area (Å²) in [6, 6.07) is 0. The lowest BCUT2D eigenvalue weighted by Gasteiger charge is -2.34. The van der Waals surface area contributed by atoms with Gasteiger partial charge in [0.25, 0.3) is 0 Å². The van der Waals surface area contributed by atoms with E-state index >= 15 is 0 Å². The third kappa shape index (κ3) is 1.18. The van der Waals surface area contributed by atoms with E-state index in [0.29, 0.717) is 12.8 Å². The highest BCUT2D eigenvalue weighted by Crippen LogP contribution is 2.50. The predicted octanol–water partition coefficient (Wildman–Crippen LogP) is 1.71. The minimum Gasteiger partial charge on any atom is -0.322 e. The van der Waals surface area contributed by atoms with Gasteiger partial charge in [-0.1, -0.05) is 0 Å². The zero-order chi connectivity index (χ0) is 7.95. The first-order chi connectivity index (χ1) is 5.16. The molecule has 0 radical (unpaired) electrons.